The summed E-state index contributed by atoms with van der Waals surface area (Å²) in [6, 6.07) is 43.0. The van der Waals surface area contributed by atoms with Crippen LogP contribution >= 0.6 is 0 Å². The van der Waals surface area contributed by atoms with E-state index in [1.165, 1.54) is 44.5 Å². The topological polar surface area (TPSA) is 12.4 Å². The highest BCUT2D eigenvalue weighted by molar-refractivity contribution is 6.60. The summed E-state index contributed by atoms with van der Waals surface area (Å²) in [4.78, 5) is 5.24. The van der Waals surface area contributed by atoms with E-state index in [9.17, 15) is 0 Å². The summed E-state index contributed by atoms with van der Waals surface area (Å²) in [6.45, 7) is 4.31. The van der Waals surface area contributed by atoms with Crippen LogP contribution < -0.4 is 0 Å². The third-order valence-corrected chi connectivity index (χ3v) is 5.86. The van der Waals surface area contributed by atoms with Crippen LogP contribution in [0.15, 0.2) is 126 Å². The monoisotopic (exact) mass is 425 g/mol. The second-order valence-corrected chi connectivity index (χ2v) is 8.54. The van der Waals surface area contributed by atoms with Crippen LogP contribution in [0.2, 0.25) is 0 Å². The van der Waals surface area contributed by atoms with Gasteiger partial charge in [-0.25, -0.2) is 0 Å². The van der Waals surface area contributed by atoms with Gasteiger partial charge < -0.3 is 0 Å². The summed E-state index contributed by atoms with van der Waals surface area (Å²) in [5, 5.41) is 0. The molecule has 4 aromatic rings. The molecule has 0 bridgehead atoms. The second kappa shape index (κ2) is 9.26. The van der Waals surface area contributed by atoms with Crippen LogP contribution in [-0.2, 0) is 0 Å². The maximum absolute atomic E-state index is 5.24. The molecule has 0 atom stereocenters. The zero-order valence-electron chi connectivity index (χ0n) is 19.1. The van der Waals surface area contributed by atoms with Crippen molar-refractivity contribution >= 4 is 28.0 Å². The molecule has 0 aliphatic heterocycles. The van der Waals surface area contributed by atoms with Crippen molar-refractivity contribution in [2.45, 2.75) is 19.9 Å². The highest BCUT2D eigenvalue weighted by Crippen LogP contribution is 2.50. The standard InChI is InChI=1S/C32H27N/c1-23(2)33-32-30(26-19-11-5-12-20-26)28(24-15-7-3-8-16-24)29(25-17-9-4-10-18-25)31(32)27-21-13-6-14-22-27/h3-23H,1-2H3. The number of benzene rings is 4. The van der Waals surface area contributed by atoms with Crippen LogP contribution in [0.5, 0.6) is 0 Å². The molecule has 0 unspecified atom stereocenters. The fraction of sp³-hybridized carbons (Fsp3) is 0.0938. The third kappa shape index (κ3) is 4.10. The van der Waals surface area contributed by atoms with Crippen molar-refractivity contribution in [1.82, 2.24) is 0 Å². The summed E-state index contributed by atoms with van der Waals surface area (Å²) in [6.07, 6.45) is 0. The molecule has 160 valence electrons. The molecule has 1 aliphatic rings. The first-order valence-electron chi connectivity index (χ1n) is 11.5. The van der Waals surface area contributed by atoms with E-state index in [-0.39, 0.29) is 6.04 Å². The fourth-order valence-electron chi connectivity index (χ4n) is 4.56. The van der Waals surface area contributed by atoms with Gasteiger partial charge in [0.15, 0.2) is 0 Å². The second-order valence-electron chi connectivity index (χ2n) is 8.54. The van der Waals surface area contributed by atoms with Crippen molar-refractivity contribution in [2.75, 3.05) is 0 Å². The number of rotatable bonds is 5. The highest BCUT2D eigenvalue weighted by atomic mass is 14.8. The first kappa shape index (κ1) is 20.9. The molecule has 0 radical (unpaired) electrons. The summed E-state index contributed by atoms with van der Waals surface area (Å²) in [5.41, 5.74) is 10.7. The number of hydrogen-bond donors (Lipinski definition) is 0. The average Bonchev–Trinajstić information content (AvgIpc) is 3.20. The maximum Gasteiger partial charge on any atom is 0.0747 e. The molecule has 0 saturated carbocycles. The summed E-state index contributed by atoms with van der Waals surface area (Å²) < 4.78 is 0. The van der Waals surface area contributed by atoms with Crippen LogP contribution in [-0.4, -0.2) is 11.8 Å². The number of aliphatic imine (C=N–C) groups is 1. The third-order valence-electron chi connectivity index (χ3n) is 5.86. The van der Waals surface area contributed by atoms with Crippen LogP contribution in [0.3, 0.4) is 0 Å². The van der Waals surface area contributed by atoms with E-state index in [4.69, 9.17) is 4.99 Å². The summed E-state index contributed by atoms with van der Waals surface area (Å²) >= 11 is 0. The Labute approximate surface area is 196 Å². The fourth-order valence-corrected chi connectivity index (χ4v) is 4.56. The Hall–Kier alpha value is -3.97. The van der Waals surface area contributed by atoms with Crippen LogP contribution in [0.4, 0.5) is 0 Å². The predicted molar refractivity (Wildman–Crippen MR) is 142 cm³/mol. The van der Waals surface area contributed by atoms with Crippen LogP contribution in [0.25, 0.3) is 22.3 Å². The Bertz CT molecular complexity index is 1230. The molecule has 1 heteroatoms. The van der Waals surface area contributed by atoms with Crippen molar-refractivity contribution < 1.29 is 0 Å². The highest BCUT2D eigenvalue weighted by Gasteiger charge is 2.33. The number of hydrogen-bond acceptors (Lipinski definition) is 1. The van der Waals surface area contributed by atoms with Crippen molar-refractivity contribution in [3.63, 3.8) is 0 Å². The Morgan fingerprint density at radius 3 is 0.939 bits per heavy atom. The van der Waals surface area contributed by atoms with Gasteiger partial charge in [0, 0.05) is 28.3 Å². The van der Waals surface area contributed by atoms with Crippen molar-refractivity contribution in [3.05, 3.63) is 144 Å². The molecular formula is C32H27N. The lowest BCUT2D eigenvalue weighted by molar-refractivity contribution is 0.839. The maximum atomic E-state index is 5.24. The van der Waals surface area contributed by atoms with E-state index in [1.807, 2.05) is 0 Å². The molecule has 0 aromatic heterocycles. The zero-order chi connectivity index (χ0) is 22.6. The first-order chi connectivity index (χ1) is 16.2. The molecule has 5 rings (SSSR count). The van der Waals surface area contributed by atoms with Gasteiger partial charge in [0.1, 0.15) is 0 Å². The van der Waals surface area contributed by atoms with E-state index >= 15 is 0 Å². The lowest BCUT2D eigenvalue weighted by Crippen LogP contribution is -2.06. The van der Waals surface area contributed by atoms with Gasteiger partial charge in [0.2, 0.25) is 0 Å². The van der Waals surface area contributed by atoms with Gasteiger partial charge in [-0.2, -0.15) is 0 Å². The van der Waals surface area contributed by atoms with Gasteiger partial charge in [-0.1, -0.05) is 121 Å². The van der Waals surface area contributed by atoms with Gasteiger partial charge in [-0.15, -0.1) is 0 Å². The minimum Gasteiger partial charge on any atom is -0.281 e. The smallest absolute Gasteiger partial charge is 0.0747 e. The van der Waals surface area contributed by atoms with Gasteiger partial charge in [0.25, 0.3) is 0 Å². The van der Waals surface area contributed by atoms with E-state index in [1.54, 1.807) is 0 Å². The molecule has 1 nitrogen and oxygen atoms in total. The van der Waals surface area contributed by atoms with Gasteiger partial charge in [-0.05, 0) is 36.1 Å². The molecule has 33 heavy (non-hydrogen) atoms. The van der Waals surface area contributed by atoms with Gasteiger partial charge in [-0.3, -0.25) is 4.99 Å². The molecule has 0 fully saturated rings. The Kier molecular flexibility index (Phi) is 5.87. The van der Waals surface area contributed by atoms with E-state index in [0.717, 1.165) is 5.71 Å². The van der Waals surface area contributed by atoms with E-state index < -0.39 is 0 Å². The molecule has 0 amide bonds. The van der Waals surface area contributed by atoms with Crippen LogP contribution in [0.1, 0.15) is 36.1 Å². The zero-order valence-corrected chi connectivity index (χ0v) is 19.1. The Morgan fingerprint density at radius 2 is 0.667 bits per heavy atom. The minimum atomic E-state index is 0.171. The summed E-state index contributed by atoms with van der Waals surface area (Å²) in [7, 11) is 0. The predicted octanol–water partition coefficient (Wildman–Crippen LogP) is 8.07. The van der Waals surface area contributed by atoms with Gasteiger partial charge >= 0.3 is 0 Å². The largest absolute Gasteiger partial charge is 0.281 e. The SMILES string of the molecule is CC(C)N=C1C(c2ccccc2)=C(c2ccccc2)C(c2ccccc2)=C1c1ccccc1. The van der Waals surface area contributed by atoms with Crippen molar-refractivity contribution in [3.8, 4) is 0 Å². The Morgan fingerprint density at radius 1 is 0.394 bits per heavy atom. The lowest BCUT2D eigenvalue weighted by atomic mass is 9.89. The molecule has 0 N–H and O–H groups in total. The van der Waals surface area contributed by atoms with Crippen molar-refractivity contribution in [2.24, 2.45) is 4.99 Å². The molecule has 4 aromatic carbocycles. The molecule has 1 aliphatic carbocycles. The minimum absolute atomic E-state index is 0.171. The van der Waals surface area contributed by atoms with Gasteiger partial charge in [0.05, 0.1) is 5.71 Å². The van der Waals surface area contributed by atoms with Crippen molar-refractivity contribution in [1.29, 1.82) is 0 Å². The van der Waals surface area contributed by atoms with Crippen LogP contribution in [0, 0.1) is 0 Å². The molecule has 0 saturated heterocycles. The first-order valence-corrected chi connectivity index (χ1v) is 11.5. The number of allylic oxidation sites excluding steroid dienone is 4. The normalized spacial score (nSPS) is 13.7. The Balaban J connectivity index is 1.94. The number of nitrogens with zero attached hydrogens (tertiary/aromatic N) is 1. The summed E-state index contributed by atoms with van der Waals surface area (Å²) in [5.74, 6) is 0. The molecule has 0 spiro atoms. The average molecular weight is 426 g/mol. The lowest BCUT2D eigenvalue weighted by Gasteiger charge is -2.13. The quantitative estimate of drug-likeness (QED) is 0.306. The van der Waals surface area contributed by atoms with E-state index in [2.05, 4.69) is 135 Å². The molecule has 0 heterocycles. The van der Waals surface area contributed by atoms with E-state index in [0.29, 0.717) is 0 Å². The molecular weight excluding hydrogens is 398 g/mol.